The van der Waals surface area contributed by atoms with E-state index >= 15 is 0 Å². The Morgan fingerprint density at radius 3 is 2.65 bits per heavy atom. The number of amides is 1. The molecule has 2 aromatic carbocycles. The van der Waals surface area contributed by atoms with E-state index in [2.05, 4.69) is 25.2 Å². The van der Waals surface area contributed by atoms with Crippen molar-refractivity contribution in [1.82, 2.24) is 15.1 Å². The number of aromatic nitrogens is 3. The van der Waals surface area contributed by atoms with E-state index in [4.69, 9.17) is 9.26 Å². The van der Waals surface area contributed by atoms with Crippen LogP contribution in [0.25, 0.3) is 11.4 Å². The number of para-hydroxylation sites is 2. The fraction of sp³-hybridized carbons (Fsp3) is 0.160. The van der Waals surface area contributed by atoms with Gasteiger partial charge in [-0.05, 0) is 31.2 Å². The van der Waals surface area contributed by atoms with Crippen molar-refractivity contribution >= 4 is 29.3 Å². The summed E-state index contributed by atoms with van der Waals surface area (Å²) in [6, 6.07) is 16.4. The van der Waals surface area contributed by atoms with Gasteiger partial charge in [-0.3, -0.25) is 4.79 Å². The van der Waals surface area contributed by atoms with Crippen molar-refractivity contribution < 1.29 is 32.4 Å². The van der Waals surface area contributed by atoms with Crippen molar-refractivity contribution in [3.8, 4) is 17.1 Å². The van der Waals surface area contributed by atoms with Crippen LogP contribution in [-0.2, 0) is 16.1 Å². The number of thioether (sulfide) groups is 1. The number of esters is 1. The molecule has 2 aromatic heterocycles. The van der Waals surface area contributed by atoms with Gasteiger partial charge in [0.15, 0.2) is 6.61 Å². The highest BCUT2D eigenvalue weighted by Crippen LogP contribution is 2.27. The minimum absolute atomic E-state index is 0.0959. The molecule has 1 N–H and O–H groups in total. The lowest BCUT2D eigenvalue weighted by Crippen LogP contribution is -2.16. The summed E-state index contributed by atoms with van der Waals surface area (Å²) < 4.78 is 40.0. The Labute approximate surface area is 214 Å². The van der Waals surface area contributed by atoms with Crippen molar-refractivity contribution in [3.63, 3.8) is 0 Å². The van der Waals surface area contributed by atoms with E-state index < -0.39 is 18.5 Å². The highest BCUT2D eigenvalue weighted by Gasteiger charge is 2.18. The zero-order chi connectivity index (χ0) is 26.2. The van der Waals surface area contributed by atoms with Crippen LogP contribution < -0.4 is 10.1 Å². The number of alkyl halides is 2. The van der Waals surface area contributed by atoms with Gasteiger partial charge in [-0.2, -0.15) is 13.8 Å². The summed E-state index contributed by atoms with van der Waals surface area (Å²) in [6.45, 7) is -1.32. The number of nitrogens with one attached hydrogen (secondary N) is 1. The minimum atomic E-state index is -3.03. The predicted octanol–water partition coefficient (Wildman–Crippen LogP) is 5.13. The Hall–Kier alpha value is -4.32. The number of carbonyl (C=O) groups excluding carboxylic acids is 2. The van der Waals surface area contributed by atoms with Gasteiger partial charge in [0, 0.05) is 11.8 Å². The molecule has 12 heteroatoms. The molecule has 0 atom stereocenters. The first-order valence-electron chi connectivity index (χ1n) is 10.9. The average Bonchev–Trinajstić information content (AvgIpc) is 3.36. The number of ether oxygens (including phenoxy) is 2. The molecule has 2 heterocycles. The largest absolute Gasteiger partial charge is 0.452 e. The van der Waals surface area contributed by atoms with E-state index in [0.29, 0.717) is 5.82 Å². The topological polar surface area (TPSA) is 116 Å². The van der Waals surface area contributed by atoms with Crippen LogP contribution in [0.2, 0.25) is 0 Å². The maximum absolute atomic E-state index is 12.7. The average molecular weight is 527 g/mol. The molecular weight excluding hydrogens is 506 g/mol. The summed E-state index contributed by atoms with van der Waals surface area (Å²) in [6.07, 6.45) is 1.47. The lowest BCUT2D eigenvalue weighted by molar-refractivity contribution is -0.113. The van der Waals surface area contributed by atoms with Crippen LogP contribution in [0, 0.1) is 6.92 Å². The van der Waals surface area contributed by atoms with Crippen LogP contribution in [0.5, 0.6) is 5.75 Å². The summed E-state index contributed by atoms with van der Waals surface area (Å²) in [7, 11) is 0. The van der Waals surface area contributed by atoms with Gasteiger partial charge in [0.05, 0.1) is 17.0 Å². The number of hydrogen-bond acceptors (Lipinski definition) is 9. The molecule has 0 aliphatic carbocycles. The lowest BCUT2D eigenvalue weighted by Gasteiger charge is -2.12. The third-order valence-corrected chi connectivity index (χ3v) is 5.82. The van der Waals surface area contributed by atoms with Crippen LogP contribution >= 0.6 is 11.8 Å². The first-order valence-corrected chi connectivity index (χ1v) is 11.9. The summed E-state index contributed by atoms with van der Waals surface area (Å²) in [5, 5.41) is 6.67. The first-order chi connectivity index (χ1) is 17.9. The third kappa shape index (κ3) is 7.10. The molecule has 190 valence electrons. The number of aryl methyl sites for hydroxylation is 1. The molecule has 4 rings (SSSR count). The highest BCUT2D eigenvalue weighted by molar-refractivity contribution is 8.00. The molecule has 0 aliphatic heterocycles. The molecular formula is C25H20F2N4O5S. The van der Waals surface area contributed by atoms with Crippen molar-refractivity contribution in [1.29, 1.82) is 0 Å². The SMILES string of the molecule is Cc1ccc(-c2noc(COC(=O)c3cccnc3SCC(=O)Nc3ccccc3OC(F)F)n2)cc1. The van der Waals surface area contributed by atoms with Crippen molar-refractivity contribution in [2.24, 2.45) is 0 Å². The van der Waals surface area contributed by atoms with Gasteiger partial charge < -0.3 is 19.3 Å². The quantitative estimate of drug-likeness (QED) is 0.222. The Balaban J connectivity index is 1.34. The fourth-order valence-electron chi connectivity index (χ4n) is 3.09. The van der Waals surface area contributed by atoms with E-state index in [1.165, 1.54) is 30.5 Å². The van der Waals surface area contributed by atoms with Gasteiger partial charge in [-0.1, -0.05) is 58.9 Å². The normalized spacial score (nSPS) is 10.8. The number of carbonyl (C=O) groups is 2. The molecule has 9 nitrogen and oxygen atoms in total. The van der Waals surface area contributed by atoms with Crippen molar-refractivity contribution in [2.45, 2.75) is 25.2 Å². The maximum atomic E-state index is 12.7. The molecule has 0 saturated heterocycles. The van der Waals surface area contributed by atoms with E-state index in [0.717, 1.165) is 22.9 Å². The lowest BCUT2D eigenvalue weighted by atomic mass is 10.1. The van der Waals surface area contributed by atoms with E-state index in [-0.39, 0.29) is 40.3 Å². The summed E-state index contributed by atoms with van der Waals surface area (Å²) in [5.74, 6) is -1.02. The molecule has 0 unspecified atom stereocenters. The molecule has 0 fully saturated rings. The van der Waals surface area contributed by atoms with E-state index in [1.54, 1.807) is 12.1 Å². The molecule has 37 heavy (non-hydrogen) atoms. The van der Waals surface area contributed by atoms with Crippen LogP contribution in [0.3, 0.4) is 0 Å². The smallest absolute Gasteiger partial charge is 0.387 e. The molecule has 1 amide bonds. The zero-order valence-corrected chi connectivity index (χ0v) is 20.2. The number of anilines is 1. The number of hydrogen-bond donors (Lipinski definition) is 1. The van der Waals surface area contributed by atoms with Crippen LogP contribution in [-0.4, -0.2) is 39.4 Å². The van der Waals surface area contributed by atoms with Gasteiger partial charge >= 0.3 is 12.6 Å². The number of nitrogens with zero attached hydrogens (tertiary/aromatic N) is 3. The van der Waals surface area contributed by atoms with Gasteiger partial charge in [0.1, 0.15) is 10.8 Å². The number of rotatable bonds is 10. The van der Waals surface area contributed by atoms with Crippen LogP contribution in [0.1, 0.15) is 21.8 Å². The molecule has 4 aromatic rings. The van der Waals surface area contributed by atoms with Gasteiger partial charge in [0.25, 0.3) is 5.89 Å². The van der Waals surface area contributed by atoms with Gasteiger partial charge in [-0.25, -0.2) is 9.78 Å². The molecule has 0 saturated carbocycles. The molecule has 0 spiro atoms. The van der Waals surface area contributed by atoms with Crippen LogP contribution in [0.15, 0.2) is 76.4 Å². The third-order valence-electron chi connectivity index (χ3n) is 4.81. The summed E-state index contributed by atoms with van der Waals surface area (Å²) in [5.41, 5.74) is 2.09. The van der Waals surface area contributed by atoms with Crippen molar-refractivity contribution in [3.05, 3.63) is 83.9 Å². The Bertz CT molecular complexity index is 1380. The minimum Gasteiger partial charge on any atom is -0.452 e. The number of benzene rings is 2. The monoisotopic (exact) mass is 526 g/mol. The fourth-order valence-corrected chi connectivity index (χ4v) is 3.87. The second kappa shape index (κ2) is 12.1. The Morgan fingerprint density at radius 2 is 1.86 bits per heavy atom. The maximum Gasteiger partial charge on any atom is 0.387 e. The van der Waals surface area contributed by atoms with Gasteiger partial charge in [-0.15, -0.1) is 0 Å². The predicted molar refractivity (Wildman–Crippen MR) is 130 cm³/mol. The van der Waals surface area contributed by atoms with E-state index in [9.17, 15) is 18.4 Å². The van der Waals surface area contributed by atoms with Crippen molar-refractivity contribution in [2.75, 3.05) is 11.1 Å². The molecule has 0 aliphatic rings. The molecule has 0 radical (unpaired) electrons. The Kier molecular flexibility index (Phi) is 8.41. The van der Waals surface area contributed by atoms with E-state index in [1.807, 2.05) is 31.2 Å². The standard InChI is InChI=1S/C25H20F2N4O5S/c1-15-8-10-16(11-9-15)22-30-21(36-31-22)13-34-24(33)17-5-4-12-28-23(17)37-14-20(32)29-18-6-2-3-7-19(18)35-25(26)27/h2-12,25H,13-14H2,1H3,(H,29,32). The summed E-state index contributed by atoms with van der Waals surface area (Å²) in [4.78, 5) is 33.5. The highest BCUT2D eigenvalue weighted by atomic mass is 32.2. The Morgan fingerprint density at radius 1 is 1.08 bits per heavy atom. The second-order valence-electron chi connectivity index (χ2n) is 7.52. The first kappa shape index (κ1) is 25.8. The zero-order valence-electron chi connectivity index (χ0n) is 19.4. The summed E-state index contributed by atoms with van der Waals surface area (Å²) >= 11 is 0.982. The second-order valence-corrected chi connectivity index (χ2v) is 8.49. The number of halogens is 2. The van der Waals surface area contributed by atoms with Gasteiger partial charge in [0.2, 0.25) is 11.7 Å². The van der Waals surface area contributed by atoms with Crippen LogP contribution in [0.4, 0.5) is 14.5 Å². The number of pyridine rings is 1. The molecule has 0 bridgehead atoms.